The lowest BCUT2D eigenvalue weighted by Crippen LogP contribution is -2.34. The van der Waals surface area contributed by atoms with Crippen LogP contribution in [0, 0.1) is 0 Å². The topological polar surface area (TPSA) is 290 Å². The number of fused-ring (bicyclic) bond motifs is 1. The summed E-state index contributed by atoms with van der Waals surface area (Å²) in [4.78, 5) is 54.9. The molecule has 3 heterocycles. The van der Waals surface area contributed by atoms with E-state index < -0.39 is 54.6 Å². The molecule has 0 aliphatic carbocycles. The monoisotopic (exact) mass is 503 g/mol. The maximum Gasteiger partial charge on any atom is 0.278 e. The third-order valence-corrected chi connectivity index (χ3v) is 7.46. The molecular formula is C10H12N5O13P3-4. The van der Waals surface area contributed by atoms with Crippen LogP contribution >= 0.6 is 23.5 Å². The van der Waals surface area contributed by atoms with Crippen molar-refractivity contribution in [2.24, 2.45) is 0 Å². The predicted molar refractivity (Wildman–Crippen MR) is 86.6 cm³/mol. The van der Waals surface area contributed by atoms with E-state index in [1.165, 1.54) is 4.57 Å². The molecule has 0 radical (unpaired) electrons. The number of ether oxygens (including phenoxy) is 1. The van der Waals surface area contributed by atoms with Gasteiger partial charge in [0.05, 0.1) is 20.8 Å². The Bertz CT molecular complexity index is 1100. The van der Waals surface area contributed by atoms with Gasteiger partial charge < -0.3 is 49.3 Å². The Morgan fingerprint density at radius 3 is 2.39 bits per heavy atom. The molecule has 0 amide bonds. The van der Waals surface area contributed by atoms with Gasteiger partial charge in [-0.3, -0.25) is 18.0 Å². The molecule has 4 N–H and O–H groups in total. The molecule has 6 atom stereocenters. The zero-order valence-electron chi connectivity index (χ0n) is 14.8. The Labute approximate surface area is 171 Å². The van der Waals surface area contributed by atoms with Gasteiger partial charge in [0.1, 0.15) is 30.2 Å². The standard InChI is InChI=1S/C10H16N5O13P3/c11-8-5-9(13-2-12-8)15(3-14-5)10-7(17)6(16)4(26-10)1-25-30(21,22)28-31(23,24)27-29(18,19)20/h2-4,6-7,10,16-17H,1H2,(H,21,22)(H,23,24)(H2,11,12,13)(H2,18,19,20)/p-4/t4-,6+,7?,10-/m1/s1. The molecular weight excluding hydrogens is 491 g/mol. The van der Waals surface area contributed by atoms with Gasteiger partial charge in [-0.15, -0.1) is 0 Å². The van der Waals surface area contributed by atoms with Gasteiger partial charge in [0.15, 0.2) is 17.7 Å². The Balaban J connectivity index is 1.69. The van der Waals surface area contributed by atoms with E-state index in [9.17, 15) is 43.5 Å². The number of anilines is 1. The summed E-state index contributed by atoms with van der Waals surface area (Å²) in [5, 5.41) is 20.3. The highest BCUT2D eigenvalue weighted by Crippen LogP contribution is 2.60. The van der Waals surface area contributed by atoms with E-state index in [1.807, 2.05) is 0 Å². The lowest BCUT2D eigenvalue weighted by molar-refractivity contribution is -0.339. The molecule has 2 aromatic rings. The van der Waals surface area contributed by atoms with E-state index in [1.54, 1.807) is 0 Å². The van der Waals surface area contributed by atoms with Gasteiger partial charge in [-0.1, -0.05) is 0 Å². The van der Waals surface area contributed by atoms with Gasteiger partial charge in [0.25, 0.3) is 15.6 Å². The third kappa shape index (κ3) is 5.71. The first-order valence-electron chi connectivity index (χ1n) is 7.85. The van der Waals surface area contributed by atoms with Crippen LogP contribution in [0.15, 0.2) is 12.7 Å². The highest BCUT2D eigenvalue weighted by Gasteiger charge is 2.45. The Morgan fingerprint density at radius 2 is 1.74 bits per heavy atom. The molecule has 31 heavy (non-hydrogen) atoms. The van der Waals surface area contributed by atoms with E-state index in [0.717, 1.165) is 12.7 Å². The number of hydrogen-bond donors (Lipinski definition) is 3. The lowest BCUT2D eigenvalue weighted by atomic mass is 10.1. The van der Waals surface area contributed by atoms with Crippen LogP contribution in [0.5, 0.6) is 0 Å². The molecule has 0 spiro atoms. The number of hydrogen-bond acceptors (Lipinski definition) is 17. The highest BCUT2D eigenvalue weighted by molar-refractivity contribution is 7.64. The summed E-state index contributed by atoms with van der Waals surface area (Å²) in [6, 6.07) is 0. The number of imidazole rings is 1. The van der Waals surface area contributed by atoms with Crippen molar-refractivity contribution >= 4 is 40.4 Å². The number of nitrogens with two attached hydrogens (primary N) is 1. The van der Waals surface area contributed by atoms with Crippen molar-refractivity contribution in [3.63, 3.8) is 0 Å². The molecule has 21 heteroatoms. The Hall–Kier alpha value is -1.36. The number of nitrogen functional groups attached to an aromatic ring is 1. The molecule has 18 nitrogen and oxygen atoms in total. The third-order valence-electron chi connectivity index (χ3n) is 3.80. The molecule has 1 fully saturated rings. The van der Waals surface area contributed by atoms with Gasteiger partial charge >= 0.3 is 0 Å². The fourth-order valence-electron chi connectivity index (χ4n) is 2.60. The number of nitrogens with zero attached hydrogens (tertiary/aromatic N) is 4. The van der Waals surface area contributed by atoms with E-state index >= 15 is 0 Å². The van der Waals surface area contributed by atoms with E-state index in [2.05, 4.69) is 28.1 Å². The van der Waals surface area contributed by atoms with Crippen LogP contribution in [0.2, 0.25) is 0 Å². The predicted octanol–water partition coefficient (Wildman–Crippen LogP) is -4.16. The number of aliphatic hydroxyl groups excluding tert-OH is 2. The van der Waals surface area contributed by atoms with Crippen molar-refractivity contribution < 1.29 is 61.4 Å². The summed E-state index contributed by atoms with van der Waals surface area (Å²) >= 11 is 0. The first-order valence-corrected chi connectivity index (χ1v) is 12.2. The quantitative estimate of drug-likeness (QED) is 0.288. The summed E-state index contributed by atoms with van der Waals surface area (Å²) in [5.41, 5.74) is 5.92. The van der Waals surface area contributed by atoms with Crippen molar-refractivity contribution in [2.75, 3.05) is 12.3 Å². The number of aromatic nitrogens is 4. The number of phosphoric acid groups is 3. The zero-order chi connectivity index (χ0) is 23.2. The second-order valence-electron chi connectivity index (χ2n) is 5.93. The van der Waals surface area contributed by atoms with Gasteiger partial charge in [-0.05, 0) is 0 Å². The fourth-order valence-corrected chi connectivity index (χ4v) is 5.47. The lowest BCUT2D eigenvalue weighted by Gasteiger charge is -2.37. The van der Waals surface area contributed by atoms with Crippen LogP contribution in [0.3, 0.4) is 0 Å². The minimum Gasteiger partial charge on any atom is -0.790 e. The zero-order valence-corrected chi connectivity index (χ0v) is 17.4. The summed E-state index contributed by atoms with van der Waals surface area (Å²) < 4.78 is 50.2. The second-order valence-corrected chi connectivity index (χ2v) is 10.2. The molecule has 2 aromatic heterocycles. The van der Waals surface area contributed by atoms with Crippen LogP contribution < -0.4 is 25.3 Å². The molecule has 0 bridgehead atoms. The maximum atomic E-state index is 11.6. The second kappa shape index (κ2) is 8.53. The average molecular weight is 503 g/mol. The van der Waals surface area contributed by atoms with Gasteiger partial charge in [-0.25, -0.2) is 19.3 Å². The Kier molecular flexibility index (Phi) is 6.68. The largest absolute Gasteiger partial charge is 0.790 e. The molecule has 1 saturated heterocycles. The first kappa shape index (κ1) is 24.3. The molecule has 3 unspecified atom stereocenters. The number of rotatable bonds is 8. The minimum absolute atomic E-state index is 0.0195. The van der Waals surface area contributed by atoms with Crippen molar-refractivity contribution in [3.8, 4) is 0 Å². The van der Waals surface area contributed by atoms with E-state index in [-0.39, 0.29) is 17.0 Å². The molecule has 0 aromatic carbocycles. The van der Waals surface area contributed by atoms with Crippen molar-refractivity contribution in [3.05, 3.63) is 12.7 Å². The number of aliphatic hydroxyl groups is 2. The minimum atomic E-state index is -6.14. The highest BCUT2D eigenvalue weighted by atomic mass is 31.3. The summed E-state index contributed by atoms with van der Waals surface area (Å²) in [7, 11) is -18.1. The normalized spacial score (nSPS) is 28.5. The van der Waals surface area contributed by atoms with Crippen LogP contribution in [0.1, 0.15) is 6.23 Å². The fraction of sp³-hybridized carbons (Fsp3) is 0.500. The maximum absolute atomic E-state index is 11.6. The van der Waals surface area contributed by atoms with Crippen LogP contribution in [-0.2, 0) is 31.6 Å². The van der Waals surface area contributed by atoms with E-state index in [4.69, 9.17) is 10.5 Å². The summed E-state index contributed by atoms with van der Waals surface area (Å²) in [6.07, 6.45) is -3.99. The molecule has 174 valence electrons. The van der Waals surface area contributed by atoms with Crippen molar-refractivity contribution in [2.45, 2.75) is 24.5 Å². The van der Waals surface area contributed by atoms with Gasteiger partial charge in [0.2, 0.25) is 0 Å². The number of phosphoric ester groups is 1. The van der Waals surface area contributed by atoms with Crippen LogP contribution in [0.25, 0.3) is 11.2 Å². The molecule has 1 aliphatic rings. The molecule has 1 aliphatic heterocycles. The molecule has 3 rings (SSSR count). The van der Waals surface area contributed by atoms with Crippen LogP contribution in [-0.4, -0.2) is 54.7 Å². The van der Waals surface area contributed by atoms with E-state index in [0.29, 0.717) is 0 Å². The van der Waals surface area contributed by atoms with Gasteiger partial charge in [0, 0.05) is 0 Å². The smallest absolute Gasteiger partial charge is 0.278 e. The van der Waals surface area contributed by atoms with Crippen molar-refractivity contribution in [1.29, 1.82) is 0 Å². The molecule has 0 saturated carbocycles. The van der Waals surface area contributed by atoms with Gasteiger partial charge in [-0.2, -0.15) is 0 Å². The first-order chi connectivity index (χ1) is 14.2. The van der Waals surface area contributed by atoms with Crippen molar-refractivity contribution in [1.82, 2.24) is 19.5 Å². The summed E-state index contributed by atoms with van der Waals surface area (Å²) in [6.45, 7) is -1.08. The Morgan fingerprint density at radius 1 is 1.06 bits per heavy atom. The van der Waals surface area contributed by atoms with Crippen LogP contribution in [0.4, 0.5) is 5.82 Å². The summed E-state index contributed by atoms with van der Waals surface area (Å²) in [5.74, 6) is 0.0195. The SMILES string of the molecule is Nc1ncnc2c1ncn2[C@@H]1O[C@H](COP(=O)([O-])OP(=O)([O-])OP(=O)([O-])[O-])[C@H](O)C1O. The average Bonchev–Trinajstić information content (AvgIpc) is 3.13.